The Hall–Kier alpha value is -2.44. The summed E-state index contributed by atoms with van der Waals surface area (Å²) in [6.45, 7) is 6.81. The minimum Gasteiger partial charge on any atom is -0.459 e. The van der Waals surface area contributed by atoms with Crippen LogP contribution in [0.5, 0.6) is 0 Å². The van der Waals surface area contributed by atoms with Crippen LogP contribution in [0.15, 0.2) is 91.0 Å². The number of hydrogen-bond donors (Lipinski definition) is 0. The summed E-state index contributed by atoms with van der Waals surface area (Å²) in [7, 11) is -2.21. The van der Waals surface area contributed by atoms with E-state index in [0.717, 1.165) is 12.8 Å². The van der Waals surface area contributed by atoms with E-state index in [-0.39, 0.29) is 12.1 Å². The fraction of sp³-hybridized carbons (Fsp3) is 0.367. The third-order valence-corrected chi connectivity index (χ3v) is 11.5. The summed E-state index contributed by atoms with van der Waals surface area (Å²) in [5.74, 6) is 1.51. The highest BCUT2D eigenvalue weighted by atomic mass is 31.2. The van der Waals surface area contributed by atoms with Crippen molar-refractivity contribution in [3.05, 3.63) is 91.0 Å². The predicted molar refractivity (Wildman–Crippen MR) is 141 cm³/mol. The van der Waals surface area contributed by atoms with Gasteiger partial charge in [-0.1, -0.05) is 81.8 Å². The maximum atomic E-state index is 13.7. The summed E-state index contributed by atoms with van der Waals surface area (Å²) in [5, 5.41) is 3.66. The molecule has 0 radical (unpaired) electrons. The van der Waals surface area contributed by atoms with E-state index in [2.05, 4.69) is 93.6 Å². The first kappa shape index (κ1) is 23.7. The minimum absolute atomic E-state index is 0.0190. The van der Waals surface area contributed by atoms with Crippen molar-refractivity contribution in [3.63, 3.8) is 0 Å². The van der Waals surface area contributed by atoms with Gasteiger partial charge in [0.15, 0.2) is 6.16 Å². The SMILES string of the molecule is CC(C)[C@H]1CC[C@@H](C)C[C@@H]1OC(=O)C[P+](c1ccccc1)(c1ccccc1)c1ccccc1. The third kappa shape index (κ3) is 5.22. The molecule has 0 spiro atoms. The van der Waals surface area contributed by atoms with Gasteiger partial charge in [0.25, 0.3) is 0 Å². The summed E-state index contributed by atoms with van der Waals surface area (Å²) in [6.07, 6.45) is 3.76. The molecule has 0 aliphatic heterocycles. The largest absolute Gasteiger partial charge is 0.459 e. The number of carbonyl (C=O) groups is 1. The number of benzene rings is 3. The minimum atomic E-state index is -2.21. The van der Waals surface area contributed by atoms with Gasteiger partial charge in [0.05, 0.1) is 0 Å². The van der Waals surface area contributed by atoms with Gasteiger partial charge in [-0.05, 0) is 67.0 Å². The van der Waals surface area contributed by atoms with Crippen LogP contribution in [0.2, 0.25) is 0 Å². The Labute approximate surface area is 199 Å². The monoisotopic (exact) mass is 459 g/mol. The molecule has 3 heteroatoms. The second kappa shape index (κ2) is 10.7. The average molecular weight is 460 g/mol. The maximum Gasteiger partial charge on any atom is 0.345 e. The average Bonchev–Trinajstić information content (AvgIpc) is 2.84. The second-order valence-electron chi connectivity index (χ2n) is 9.83. The van der Waals surface area contributed by atoms with Crippen LogP contribution in [0.3, 0.4) is 0 Å². The fourth-order valence-electron chi connectivity index (χ4n) is 5.42. The van der Waals surface area contributed by atoms with Crippen molar-refractivity contribution in [2.75, 3.05) is 6.16 Å². The van der Waals surface area contributed by atoms with Crippen LogP contribution in [-0.4, -0.2) is 18.2 Å². The maximum absolute atomic E-state index is 13.7. The molecule has 172 valence electrons. The Balaban J connectivity index is 1.75. The molecule has 0 N–H and O–H groups in total. The van der Waals surface area contributed by atoms with E-state index in [0.29, 0.717) is 23.9 Å². The summed E-state index contributed by atoms with van der Waals surface area (Å²) in [4.78, 5) is 13.7. The molecular weight excluding hydrogens is 423 g/mol. The lowest BCUT2D eigenvalue weighted by atomic mass is 9.75. The van der Waals surface area contributed by atoms with Crippen molar-refractivity contribution in [2.45, 2.75) is 46.1 Å². The fourth-order valence-corrected chi connectivity index (χ4v) is 9.37. The number of rotatable bonds is 7. The zero-order valence-electron chi connectivity index (χ0n) is 20.1. The lowest BCUT2D eigenvalue weighted by Crippen LogP contribution is -2.40. The molecule has 3 aromatic carbocycles. The van der Waals surface area contributed by atoms with Crippen molar-refractivity contribution < 1.29 is 9.53 Å². The van der Waals surface area contributed by atoms with Crippen LogP contribution in [0.4, 0.5) is 0 Å². The van der Waals surface area contributed by atoms with Crippen molar-refractivity contribution in [2.24, 2.45) is 17.8 Å². The van der Waals surface area contributed by atoms with Crippen LogP contribution < -0.4 is 15.9 Å². The molecule has 0 heterocycles. The van der Waals surface area contributed by atoms with Gasteiger partial charge < -0.3 is 4.74 Å². The number of carbonyl (C=O) groups excluding carboxylic acids is 1. The lowest BCUT2D eigenvalue weighted by molar-refractivity contribution is -0.152. The normalized spacial score (nSPS) is 21.0. The number of ether oxygens (including phenoxy) is 1. The van der Waals surface area contributed by atoms with E-state index in [9.17, 15) is 4.79 Å². The highest BCUT2D eigenvalue weighted by molar-refractivity contribution is 7.96. The van der Waals surface area contributed by atoms with Gasteiger partial charge in [-0.2, -0.15) is 0 Å². The Morgan fingerprint density at radius 1 is 0.818 bits per heavy atom. The van der Waals surface area contributed by atoms with Crippen molar-refractivity contribution in [3.8, 4) is 0 Å². The van der Waals surface area contributed by atoms with Crippen molar-refractivity contribution in [1.29, 1.82) is 0 Å². The zero-order chi connectivity index (χ0) is 23.3. The highest BCUT2D eigenvalue weighted by Gasteiger charge is 2.48. The second-order valence-corrected chi connectivity index (χ2v) is 13.3. The molecule has 1 aliphatic rings. The van der Waals surface area contributed by atoms with Gasteiger partial charge in [0.2, 0.25) is 0 Å². The van der Waals surface area contributed by atoms with E-state index in [1.54, 1.807) is 0 Å². The van der Waals surface area contributed by atoms with Crippen molar-refractivity contribution in [1.82, 2.24) is 0 Å². The van der Waals surface area contributed by atoms with Crippen LogP contribution in [0.1, 0.15) is 40.0 Å². The van der Waals surface area contributed by atoms with Crippen molar-refractivity contribution >= 4 is 29.1 Å². The molecule has 0 bridgehead atoms. The quantitative estimate of drug-likeness (QED) is 0.321. The summed E-state index contributed by atoms with van der Waals surface area (Å²) < 4.78 is 6.34. The molecule has 0 saturated heterocycles. The Morgan fingerprint density at radius 3 is 1.70 bits per heavy atom. The molecule has 1 saturated carbocycles. The van der Waals surface area contributed by atoms with E-state index in [4.69, 9.17) is 4.74 Å². The first-order valence-electron chi connectivity index (χ1n) is 12.2. The van der Waals surface area contributed by atoms with E-state index in [1.165, 1.54) is 22.3 Å². The van der Waals surface area contributed by atoms with E-state index in [1.807, 2.05) is 18.2 Å². The summed E-state index contributed by atoms with van der Waals surface area (Å²) in [5.41, 5.74) is 0. The van der Waals surface area contributed by atoms with Gasteiger partial charge in [0.1, 0.15) is 29.3 Å². The van der Waals surface area contributed by atoms with Gasteiger partial charge in [0, 0.05) is 0 Å². The molecule has 2 nitrogen and oxygen atoms in total. The molecule has 0 unspecified atom stereocenters. The Morgan fingerprint density at radius 2 is 1.27 bits per heavy atom. The van der Waals surface area contributed by atoms with Crippen LogP contribution in [0.25, 0.3) is 0 Å². The summed E-state index contributed by atoms with van der Waals surface area (Å²) in [6, 6.07) is 31.7. The molecule has 4 rings (SSSR count). The molecule has 3 atom stereocenters. The number of hydrogen-bond acceptors (Lipinski definition) is 2. The number of esters is 1. The van der Waals surface area contributed by atoms with E-state index >= 15 is 0 Å². The first-order valence-corrected chi connectivity index (χ1v) is 14.2. The molecule has 0 aromatic heterocycles. The molecule has 1 fully saturated rings. The summed E-state index contributed by atoms with van der Waals surface area (Å²) >= 11 is 0. The lowest BCUT2D eigenvalue weighted by Gasteiger charge is -2.37. The molecule has 33 heavy (non-hydrogen) atoms. The molecule has 0 amide bonds. The molecule has 3 aromatic rings. The smallest absolute Gasteiger partial charge is 0.345 e. The van der Waals surface area contributed by atoms with Crippen LogP contribution >= 0.6 is 7.26 Å². The predicted octanol–water partition coefficient (Wildman–Crippen LogP) is 5.98. The van der Waals surface area contributed by atoms with Crippen LogP contribution in [0, 0.1) is 17.8 Å². The standard InChI is InChI=1S/C30H36O2P/c1-23(2)28-20-19-24(3)21-29(28)32-30(31)22-33(25-13-7-4-8-14-25,26-15-9-5-10-16-26)27-17-11-6-12-18-27/h4-18,23-24,28-29H,19-22H2,1-3H3/q+1/t24-,28-,29+/m1/s1. The first-order chi connectivity index (χ1) is 16.0. The van der Waals surface area contributed by atoms with Crippen LogP contribution in [-0.2, 0) is 9.53 Å². The zero-order valence-corrected chi connectivity index (χ0v) is 21.0. The Kier molecular flexibility index (Phi) is 7.66. The van der Waals surface area contributed by atoms with Gasteiger partial charge in [-0.25, -0.2) is 4.79 Å². The highest BCUT2D eigenvalue weighted by Crippen LogP contribution is 2.55. The topological polar surface area (TPSA) is 26.3 Å². The molecule has 1 aliphatic carbocycles. The van der Waals surface area contributed by atoms with Gasteiger partial charge in [-0.3, -0.25) is 0 Å². The molecular formula is C30H36O2P+. The Bertz CT molecular complexity index is 920. The van der Waals surface area contributed by atoms with Gasteiger partial charge >= 0.3 is 5.97 Å². The third-order valence-electron chi connectivity index (χ3n) is 7.20. The van der Waals surface area contributed by atoms with Gasteiger partial charge in [-0.15, -0.1) is 0 Å². The van der Waals surface area contributed by atoms with E-state index < -0.39 is 7.26 Å².